The van der Waals surface area contributed by atoms with Crippen LogP contribution in [0.5, 0.6) is 5.75 Å². The van der Waals surface area contributed by atoms with Crippen LogP contribution in [0.1, 0.15) is 31.7 Å². The molecule has 0 heterocycles. The summed E-state index contributed by atoms with van der Waals surface area (Å²) in [6.07, 6.45) is 1.56. The van der Waals surface area contributed by atoms with E-state index in [1.54, 1.807) is 12.1 Å². The minimum absolute atomic E-state index is 0.0400. The van der Waals surface area contributed by atoms with Crippen molar-refractivity contribution >= 4 is 23.7 Å². The topological polar surface area (TPSA) is 197 Å². The van der Waals surface area contributed by atoms with Crippen molar-refractivity contribution in [3.8, 4) is 5.75 Å². The van der Waals surface area contributed by atoms with Crippen LogP contribution in [0.25, 0.3) is 0 Å². The molecule has 0 aliphatic carbocycles. The lowest BCUT2D eigenvalue weighted by molar-refractivity contribution is -0.138. The number of rotatable bonds is 13. The van der Waals surface area contributed by atoms with E-state index in [1.165, 1.54) is 19.1 Å². The highest BCUT2D eigenvalue weighted by molar-refractivity contribution is 5.93. The number of carbonyl (C=O) groups is 4. The quantitative estimate of drug-likeness (QED) is 0.182. The number of carboxylic acids is 1. The molecule has 3 atom stereocenters. The Balaban J connectivity index is 2.97. The van der Waals surface area contributed by atoms with E-state index in [0.29, 0.717) is 31.4 Å². The maximum atomic E-state index is 12.9. The van der Waals surface area contributed by atoms with Gasteiger partial charge in [0.1, 0.15) is 24.4 Å². The van der Waals surface area contributed by atoms with Gasteiger partial charge >= 0.3 is 5.97 Å². The second-order valence-electron chi connectivity index (χ2n) is 7.18. The normalized spacial score (nSPS) is 13.5. The smallest absolute Gasteiger partial charge is 0.322 e. The van der Waals surface area contributed by atoms with Crippen LogP contribution in [0.3, 0.4) is 0 Å². The molecule has 0 spiro atoms. The number of hydrogen-bond acceptors (Lipinski definition) is 7. The average Bonchev–Trinajstić information content (AvgIpc) is 2.72. The SMILES string of the molecule is CC(N)C(=O)NC(CCCCN)C(=O)NC(Cc1ccc(O)cc1)C(=O)NCC(=O)O. The van der Waals surface area contributed by atoms with Gasteiger partial charge in [0.2, 0.25) is 17.7 Å². The molecule has 0 radical (unpaired) electrons. The van der Waals surface area contributed by atoms with Gasteiger partial charge in [0.05, 0.1) is 6.04 Å². The van der Waals surface area contributed by atoms with Gasteiger partial charge < -0.3 is 37.6 Å². The first-order chi connectivity index (χ1) is 14.6. The summed E-state index contributed by atoms with van der Waals surface area (Å²) in [5.74, 6) is -2.99. The molecule has 3 amide bonds. The molecule has 0 aliphatic rings. The highest BCUT2D eigenvalue weighted by atomic mass is 16.4. The molecule has 9 N–H and O–H groups in total. The number of phenolic OH excluding ortho intramolecular Hbond substituents is 1. The van der Waals surface area contributed by atoms with Gasteiger partial charge in [-0.05, 0) is 50.4 Å². The van der Waals surface area contributed by atoms with Gasteiger partial charge in [-0.3, -0.25) is 19.2 Å². The first-order valence-corrected chi connectivity index (χ1v) is 9.97. The number of carbonyl (C=O) groups excluding carboxylic acids is 3. The van der Waals surface area contributed by atoms with Crippen molar-refractivity contribution in [3.63, 3.8) is 0 Å². The summed E-state index contributed by atoms with van der Waals surface area (Å²) < 4.78 is 0. The summed E-state index contributed by atoms with van der Waals surface area (Å²) in [5, 5.41) is 25.6. The number of hydrogen-bond donors (Lipinski definition) is 7. The van der Waals surface area contributed by atoms with Gasteiger partial charge in [-0.2, -0.15) is 0 Å². The van der Waals surface area contributed by atoms with Gasteiger partial charge in [-0.25, -0.2) is 0 Å². The third kappa shape index (κ3) is 9.92. The van der Waals surface area contributed by atoms with Gasteiger partial charge in [0.25, 0.3) is 0 Å². The van der Waals surface area contributed by atoms with Crippen molar-refractivity contribution in [1.82, 2.24) is 16.0 Å². The monoisotopic (exact) mass is 437 g/mol. The fourth-order valence-corrected chi connectivity index (χ4v) is 2.70. The number of aliphatic carboxylic acids is 1. The molecular weight excluding hydrogens is 406 g/mol. The van der Waals surface area contributed by atoms with E-state index in [-0.39, 0.29) is 12.2 Å². The van der Waals surface area contributed by atoms with E-state index in [4.69, 9.17) is 16.6 Å². The number of amides is 3. The van der Waals surface area contributed by atoms with Crippen LogP contribution >= 0.6 is 0 Å². The molecule has 1 aromatic rings. The number of nitrogens with two attached hydrogens (primary N) is 2. The summed E-state index contributed by atoms with van der Waals surface area (Å²) in [6.45, 7) is 1.30. The molecule has 172 valence electrons. The van der Waals surface area contributed by atoms with E-state index in [2.05, 4.69) is 16.0 Å². The minimum atomic E-state index is -1.23. The molecule has 1 rings (SSSR count). The Morgan fingerprint density at radius 1 is 0.968 bits per heavy atom. The fraction of sp³-hybridized carbons (Fsp3) is 0.500. The predicted molar refractivity (Wildman–Crippen MR) is 113 cm³/mol. The van der Waals surface area contributed by atoms with Crippen LogP contribution in [0.2, 0.25) is 0 Å². The average molecular weight is 437 g/mol. The Kier molecular flexibility index (Phi) is 11.0. The Morgan fingerprint density at radius 3 is 2.13 bits per heavy atom. The zero-order valence-electron chi connectivity index (χ0n) is 17.5. The van der Waals surface area contributed by atoms with Crippen LogP contribution in [0, 0.1) is 0 Å². The standard InChI is InChI=1S/C20H31N5O6/c1-12(22)18(29)24-15(4-2-3-9-21)20(31)25-16(19(30)23-11-17(27)28)10-13-5-7-14(26)8-6-13/h5-8,12,15-16,26H,2-4,9-11,21-22H2,1H3,(H,23,30)(H,24,29)(H,25,31)(H,27,28). The Labute approximate surface area is 180 Å². The van der Waals surface area contributed by atoms with Crippen LogP contribution in [0.4, 0.5) is 0 Å². The highest BCUT2D eigenvalue weighted by Crippen LogP contribution is 2.12. The Morgan fingerprint density at radius 2 is 1.58 bits per heavy atom. The van der Waals surface area contributed by atoms with Crippen molar-refractivity contribution in [1.29, 1.82) is 0 Å². The number of carboxylic acid groups (broad SMARTS) is 1. The maximum Gasteiger partial charge on any atom is 0.322 e. The zero-order valence-corrected chi connectivity index (χ0v) is 17.5. The van der Waals surface area contributed by atoms with E-state index >= 15 is 0 Å². The molecule has 31 heavy (non-hydrogen) atoms. The molecule has 0 saturated heterocycles. The molecule has 0 fully saturated rings. The lowest BCUT2D eigenvalue weighted by atomic mass is 10.0. The molecule has 11 nitrogen and oxygen atoms in total. The summed E-state index contributed by atoms with van der Waals surface area (Å²) in [6, 6.07) is 3.17. The van der Waals surface area contributed by atoms with E-state index in [9.17, 15) is 24.3 Å². The van der Waals surface area contributed by atoms with Gasteiger partial charge in [-0.15, -0.1) is 0 Å². The van der Waals surface area contributed by atoms with Crippen molar-refractivity contribution < 1.29 is 29.4 Å². The molecule has 0 saturated carbocycles. The fourth-order valence-electron chi connectivity index (χ4n) is 2.70. The van der Waals surface area contributed by atoms with Crippen LogP contribution in [-0.4, -0.2) is 65.1 Å². The minimum Gasteiger partial charge on any atom is -0.508 e. The van der Waals surface area contributed by atoms with E-state index in [0.717, 1.165) is 0 Å². The number of aromatic hydroxyl groups is 1. The zero-order chi connectivity index (χ0) is 23.4. The first-order valence-electron chi connectivity index (χ1n) is 9.97. The Bertz CT molecular complexity index is 753. The summed E-state index contributed by atoms with van der Waals surface area (Å²) in [4.78, 5) is 48.2. The molecule has 0 bridgehead atoms. The van der Waals surface area contributed by atoms with Gasteiger partial charge in [-0.1, -0.05) is 12.1 Å². The van der Waals surface area contributed by atoms with Crippen LogP contribution in [-0.2, 0) is 25.6 Å². The van der Waals surface area contributed by atoms with E-state index < -0.39 is 48.4 Å². The molecule has 3 unspecified atom stereocenters. The van der Waals surface area contributed by atoms with Crippen molar-refractivity contribution in [2.45, 2.75) is 50.7 Å². The molecule has 0 aliphatic heterocycles. The number of unbranched alkanes of at least 4 members (excludes halogenated alkanes) is 1. The van der Waals surface area contributed by atoms with Gasteiger partial charge in [0.15, 0.2) is 0 Å². The third-order valence-electron chi connectivity index (χ3n) is 4.42. The number of nitrogens with one attached hydrogen (secondary N) is 3. The van der Waals surface area contributed by atoms with E-state index in [1.807, 2.05) is 0 Å². The van der Waals surface area contributed by atoms with Crippen LogP contribution in [0.15, 0.2) is 24.3 Å². The molecular formula is C20H31N5O6. The third-order valence-corrected chi connectivity index (χ3v) is 4.42. The molecule has 1 aromatic carbocycles. The molecule has 0 aromatic heterocycles. The lowest BCUT2D eigenvalue weighted by Crippen LogP contribution is -2.56. The second-order valence-corrected chi connectivity index (χ2v) is 7.18. The largest absolute Gasteiger partial charge is 0.508 e. The Hall–Kier alpha value is -3.18. The van der Waals surface area contributed by atoms with Crippen molar-refractivity contribution in [2.75, 3.05) is 13.1 Å². The predicted octanol–water partition coefficient (Wildman–Crippen LogP) is -1.42. The van der Waals surface area contributed by atoms with Crippen molar-refractivity contribution in [2.24, 2.45) is 11.5 Å². The first kappa shape index (κ1) is 25.9. The van der Waals surface area contributed by atoms with Gasteiger partial charge in [0, 0.05) is 6.42 Å². The maximum absolute atomic E-state index is 12.9. The highest BCUT2D eigenvalue weighted by Gasteiger charge is 2.27. The second kappa shape index (κ2) is 13.2. The summed E-state index contributed by atoms with van der Waals surface area (Å²) >= 11 is 0. The number of phenols is 1. The molecule has 11 heteroatoms. The lowest BCUT2D eigenvalue weighted by Gasteiger charge is -2.24. The summed E-state index contributed by atoms with van der Waals surface area (Å²) in [5.41, 5.74) is 11.7. The van der Waals surface area contributed by atoms with Crippen molar-refractivity contribution in [3.05, 3.63) is 29.8 Å². The van der Waals surface area contributed by atoms with Crippen LogP contribution < -0.4 is 27.4 Å². The summed E-state index contributed by atoms with van der Waals surface area (Å²) in [7, 11) is 0. The number of benzene rings is 1.